The third kappa shape index (κ3) is 3.45. The Hall–Kier alpha value is -1.30. The molecule has 27 heavy (non-hydrogen) atoms. The van der Waals surface area contributed by atoms with Gasteiger partial charge in [-0.1, -0.05) is 13.3 Å². The van der Waals surface area contributed by atoms with E-state index in [4.69, 9.17) is 4.74 Å². The van der Waals surface area contributed by atoms with Crippen LogP contribution < -0.4 is 5.32 Å². The summed E-state index contributed by atoms with van der Waals surface area (Å²) in [6.45, 7) is 8.50. The molecule has 6 nitrogen and oxygen atoms in total. The zero-order chi connectivity index (χ0) is 19.1. The summed E-state index contributed by atoms with van der Waals surface area (Å²) in [7, 11) is 0. The average molecular weight is 378 g/mol. The number of rotatable bonds is 4. The highest BCUT2D eigenvalue weighted by atomic mass is 16.6. The molecule has 6 heteroatoms. The van der Waals surface area contributed by atoms with E-state index in [1.807, 2.05) is 11.8 Å². The molecular formula is C21H35N3O3. The SMILES string of the molecule is CCCC1NC(=O)CC12CCN(C1CC3(CCN(C(=O)OCC)C3)C1)CC2. The molecular weight excluding hydrogens is 342 g/mol. The van der Waals surface area contributed by atoms with E-state index in [0.29, 0.717) is 24.1 Å². The lowest BCUT2D eigenvalue weighted by Crippen LogP contribution is -2.56. The molecule has 3 heterocycles. The second-order valence-corrected chi connectivity index (χ2v) is 9.42. The van der Waals surface area contributed by atoms with Crippen molar-refractivity contribution in [1.82, 2.24) is 15.1 Å². The van der Waals surface area contributed by atoms with E-state index >= 15 is 0 Å². The zero-order valence-electron chi connectivity index (χ0n) is 17.0. The molecule has 1 unspecified atom stereocenters. The molecule has 0 bridgehead atoms. The number of hydrogen-bond acceptors (Lipinski definition) is 4. The number of likely N-dealkylation sites (tertiary alicyclic amines) is 2. The van der Waals surface area contributed by atoms with E-state index in [1.54, 1.807) is 0 Å². The number of ether oxygens (including phenoxy) is 1. The molecule has 0 radical (unpaired) electrons. The number of carbonyl (C=O) groups excluding carboxylic acids is 2. The lowest BCUT2D eigenvalue weighted by molar-refractivity contribution is -0.120. The quantitative estimate of drug-likeness (QED) is 0.818. The molecule has 3 saturated heterocycles. The minimum atomic E-state index is -0.141. The summed E-state index contributed by atoms with van der Waals surface area (Å²) >= 11 is 0. The van der Waals surface area contributed by atoms with Gasteiger partial charge in [0.2, 0.25) is 5.91 Å². The van der Waals surface area contributed by atoms with Gasteiger partial charge in [0.15, 0.2) is 0 Å². The molecule has 4 fully saturated rings. The fourth-order valence-corrected chi connectivity index (χ4v) is 6.21. The molecule has 0 aromatic carbocycles. The topological polar surface area (TPSA) is 61.9 Å². The van der Waals surface area contributed by atoms with Crippen LogP contribution >= 0.6 is 0 Å². The largest absolute Gasteiger partial charge is 0.450 e. The predicted octanol–water partition coefficient (Wildman–Crippen LogP) is 2.77. The first-order chi connectivity index (χ1) is 13.0. The number of carbonyl (C=O) groups is 2. The van der Waals surface area contributed by atoms with E-state index in [0.717, 1.165) is 64.7 Å². The number of nitrogens with zero attached hydrogens (tertiary/aromatic N) is 2. The van der Waals surface area contributed by atoms with Crippen LogP contribution in [0.1, 0.15) is 65.2 Å². The van der Waals surface area contributed by atoms with Gasteiger partial charge in [-0.05, 0) is 64.0 Å². The van der Waals surface area contributed by atoms with E-state index in [1.165, 1.54) is 12.8 Å². The fourth-order valence-electron chi connectivity index (χ4n) is 6.21. The van der Waals surface area contributed by atoms with Crippen molar-refractivity contribution in [2.45, 2.75) is 77.3 Å². The van der Waals surface area contributed by atoms with Gasteiger partial charge >= 0.3 is 6.09 Å². The Morgan fingerprint density at radius 1 is 1.19 bits per heavy atom. The highest BCUT2D eigenvalue weighted by Gasteiger charge is 2.53. The van der Waals surface area contributed by atoms with Gasteiger partial charge in [-0.15, -0.1) is 0 Å². The molecule has 2 amide bonds. The molecule has 2 spiro atoms. The van der Waals surface area contributed by atoms with E-state index < -0.39 is 0 Å². The Kier molecular flexibility index (Phi) is 5.12. The third-order valence-corrected chi connectivity index (χ3v) is 7.78. The van der Waals surface area contributed by atoms with Gasteiger partial charge in [0.1, 0.15) is 0 Å². The van der Waals surface area contributed by atoms with E-state index in [2.05, 4.69) is 17.1 Å². The second kappa shape index (κ2) is 7.26. The van der Waals surface area contributed by atoms with Crippen molar-refractivity contribution in [3.05, 3.63) is 0 Å². The summed E-state index contributed by atoms with van der Waals surface area (Å²) in [5.74, 6) is 0.259. The Balaban J connectivity index is 1.27. The number of piperidine rings is 1. The Morgan fingerprint density at radius 2 is 1.93 bits per heavy atom. The maximum absolute atomic E-state index is 12.0. The Labute approximate surface area is 163 Å². The lowest BCUT2D eigenvalue weighted by atomic mass is 9.63. The van der Waals surface area contributed by atoms with Crippen LogP contribution in [0.3, 0.4) is 0 Å². The first kappa shape index (κ1) is 19.0. The van der Waals surface area contributed by atoms with Gasteiger partial charge in [-0.3, -0.25) is 4.79 Å². The van der Waals surface area contributed by atoms with Crippen molar-refractivity contribution in [1.29, 1.82) is 0 Å². The summed E-state index contributed by atoms with van der Waals surface area (Å²) in [6.07, 6.45) is 8.69. The Bertz CT molecular complexity index is 579. The van der Waals surface area contributed by atoms with Crippen LogP contribution in [0, 0.1) is 10.8 Å². The summed E-state index contributed by atoms with van der Waals surface area (Å²) in [5.41, 5.74) is 0.543. The molecule has 0 aromatic rings. The van der Waals surface area contributed by atoms with Gasteiger partial charge in [0, 0.05) is 37.0 Å². The van der Waals surface area contributed by atoms with Crippen molar-refractivity contribution in [2.24, 2.45) is 10.8 Å². The molecule has 3 aliphatic heterocycles. The monoisotopic (exact) mass is 377 g/mol. The molecule has 0 aromatic heterocycles. The van der Waals surface area contributed by atoms with Gasteiger partial charge in [-0.2, -0.15) is 0 Å². The van der Waals surface area contributed by atoms with Crippen LogP contribution in [0.4, 0.5) is 4.79 Å². The fraction of sp³-hybridized carbons (Fsp3) is 0.905. The smallest absolute Gasteiger partial charge is 0.409 e. The molecule has 1 saturated carbocycles. The van der Waals surface area contributed by atoms with Gasteiger partial charge in [0.05, 0.1) is 6.61 Å². The maximum Gasteiger partial charge on any atom is 0.409 e. The predicted molar refractivity (Wildman–Crippen MR) is 103 cm³/mol. The number of nitrogens with one attached hydrogen (secondary N) is 1. The molecule has 1 N–H and O–H groups in total. The standard InChI is InChI=1S/C21H35N3O3/c1-3-5-17-21(14-18(25)22-17)7-10-23(11-8-21)16-12-20(13-16)6-9-24(15-20)19(26)27-4-2/h16-17H,3-15H2,1-2H3,(H,22,25). The summed E-state index contributed by atoms with van der Waals surface area (Å²) < 4.78 is 5.17. The molecule has 152 valence electrons. The van der Waals surface area contributed by atoms with Gasteiger partial charge in [0.25, 0.3) is 0 Å². The summed E-state index contributed by atoms with van der Waals surface area (Å²) in [6, 6.07) is 1.05. The van der Waals surface area contributed by atoms with Crippen LogP contribution in [0.25, 0.3) is 0 Å². The van der Waals surface area contributed by atoms with Crippen molar-refractivity contribution < 1.29 is 14.3 Å². The second-order valence-electron chi connectivity index (χ2n) is 9.42. The van der Waals surface area contributed by atoms with Crippen LogP contribution in [-0.2, 0) is 9.53 Å². The van der Waals surface area contributed by atoms with Crippen molar-refractivity contribution in [3.8, 4) is 0 Å². The maximum atomic E-state index is 12.0. The van der Waals surface area contributed by atoms with Crippen molar-refractivity contribution in [3.63, 3.8) is 0 Å². The first-order valence-corrected chi connectivity index (χ1v) is 10.9. The van der Waals surface area contributed by atoms with Crippen LogP contribution in [0.15, 0.2) is 0 Å². The third-order valence-electron chi connectivity index (χ3n) is 7.78. The minimum Gasteiger partial charge on any atom is -0.450 e. The summed E-state index contributed by atoms with van der Waals surface area (Å²) in [5, 5.41) is 3.25. The van der Waals surface area contributed by atoms with Crippen LogP contribution in [-0.4, -0.2) is 66.7 Å². The van der Waals surface area contributed by atoms with Crippen molar-refractivity contribution >= 4 is 12.0 Å². The molecule has 4 aliphatic rings. The highest BCUT2D eigenvalue weighted by Crippen LogP contribution is 2.52. The number of hydrogen-bond donors (Lipinski definition) is 1. The van der Waals surface area contributed by atoms with Gasteiger partial charge < -0.3 is 19.9 Å². The van der Waals surface area contributed by atoms with Crippen molar-refractivity contribution in [2.75, 3.05) is 32.8 Å². The average Bonchev–Trinajstić information content (AvgIpc) is 3.18. The molecule has 1 atom stereocenters. The van der Waals surface area contributed by atoms with E-state index in [-0.39, 0.29) is 17.4 Å². The van der Waals surface area contributed by atoms with Gasteiger partial charge in [-0.25, -0.2) is 4.79 Å². The van der Waals surface area contributed by atoms with Crippen LogP contribution in [0.2, 0.25) is 0 Å². The Morgan fingerprint density at radius 3 is 2.59 bits per heavy atom. The molecule has 1 aliphatic carbocycles. The normalized spacial score (nSPS) is 35.5. The lowest BCUT2D eigenvalue weighted by Gasteiger charge is -2.53. The minimum absolute atomic E-state index is 0.141. The van der Waals surface area contributed by atoms with E-state index in [9.17, 15) is 9.59 Å². The number of amides is 2. The first-order valence-electron chi connectivity index (χ1n) is 10.9. The molecule has 4 rings (SSSR count). The zero-order valence-corrected chi connectivity index (χ0v) is 17.0. The summed E-state index contributed by atoms with van der Waals surface area (Å²) in [4.78, 5) is 28.6. The highest BCUT2D eigenvalue weighted by molar-refractivity contribution is 5.80. The van der Waals surface area contributed by atoms with Crippen LogP contribution in [0.5, 0.6) is 0 Å².